The number of carbonyl (C=O) groups excluding carboxylic acids is 2. The molecule has 0 saturated carbocycles. The number of hydrogen-bond donors (Lipinski definition) is 2. The fourth-order valence-electron chi connectivity index (χ4n) is 3.49. The van der Waals surface area contributed by atoms with E-state index >= 15 is 0 Å². The number of fused-ring (bicyclic) bond motifs is 1. The van der Waals surface area contributed by atoms with Gasteiger partial charge in [0.05, 0.1) is 11.9 Å². The van der Waals surface area contributed by atoms with Crippen molar-refractivity contribution in [2.24, 2.45) is 0 Å². The number of carbonyl (C=O) groups is 2. The van der Waals surface area contributed by atoms with Crippen molar-refractivity contribution >= 4 is 46.3 Å². The van der Waals surface area contributed by atoms with Gasteiger partial charge in [-0.2, -0.15) is 23.5 Å². The van der Waals surface area contributed by atoms with Crippen molar-refractivity contribution in [3.63, 3.8) is 0 Å². The van der Waals surface area contributed by atoms with Gasteiger partial charge in [-0.3, -0.25) is 4.79 Å². The maximum atomic E-state index is 13.2. The van der Waals surface area contributed by atoms with Gasteiger partial charge in [0.2, 0.25) is 5.91 Å². The summed E-state index contributed by atoms with van der Waals surface area (Å²) in [5, 5.41) is 3.96. The molecule has 1 amide bonds. The monoisotopic (exact) mass is 456 g/mol. The molecule has 2 aromatic carbocycles. The van der Waals surface area contributed by atoms with Crippen LogP contribution in [-0.2, 0) is 14.3 Å². The van der Waals surface area contributed by atoms with Crippen LogP contribution in [0.4, 0.5) is 0 Å². The number of benzene rings is 2. The zero-order valence-electron chi connectivity index (χ0n) is 18.0. The van der Waals surface area contributed by atoms with Gasteiger partial charge in [-0.1, -0.05) is 42.5 Å². The fraction of sp³-hybridized carbons (Fsp3) is 0.333. The Morgan fingerprint density at radius 3 is 2.55 bits per heavy atom. The SMILES string of the molecule is CSCC[C@H](C)OC(=O)[C@@H](NC(=O)CSC)c1ccccc1-c1c[nH]c2ccccc12. The van der Waals surface area contributed by atoms with E-state index in [1.807, 2.05) is 74.2 Å². The summed E-state index contributed by atoms with van der Waals surface area (Å²) in [5.74, 6) is 0.556. The average Bonchev–Trinajstić information content (AvgIpc) is 3.20. The molecule has 2 N–H and O–H groups in total. The van der Waals surface area contributed by atoms with Crippen LogP contribution in [-0.4, -0.2) is 47.0 Å². The second-order valence-corrected chi connectivity index (χ2v) is 9.15. The van der Waals surface area contributed by atoms with Crippen molar-refractivity contribution in [2.45, 2.75) is 25.5 Å². The number of amides is 1. The van der Waals surface area contributed by atoms with E-state index in [-0.39, 0.29) is 17.8 Å². The molecule has 7 heteroatoms. The van der Waals surface area contributed by atoms with Gasteiger partial charge >= 0.3 is 5.97 Å². The molecule has 164 valence electrons. The molecule has 2 atom stereocenters. The third-order valence-electron chi connectivity index (χ3n) is 5.01. The van der Waals surface area contributed by atoms with Crippen molar-refractivity contribution in [1.82, 2.24) is 10.3 Å². The van der Waals surface area contributed by atoms with E-state index in [4.69, 9.17) is 4.74 Å². The Morgan fingerprint density at radius 1 is 1.03 bits per heavy atom. The molecule has 0 aliphatic heterocycles. The Morgan fingerprint density at radius 2 is 1.77 bits per heavy atom. The second-order valence-electron chi connectivity index (χ2n) is 7.30. The number of H-pyrrole nitrogens is 1. The number of esters is 1. The number of aromatic amines is 1. The molecule has 3 aromatic rings. The normalized spacial score (nSPS) is 13.0. The zero-order valence-corrected chi connectivity index (χ0v) is 19.6. The minimum atomic E-state index is -0.874. The van der Waals surface area contributed by atoms with Crippen LogP contribution in [0.25, 0.3) is 22.0 Å². The van der Waals surface area contributed by atoms with Crippen molar-refractivity contribution in [2.75, 3.05) is 24.0 Å². The first-order valence-electron chi connectivity index (χ1n) is 10.2. The Kier molecular flexibility index (Phi) is 8.49. The van der Waals surface area contributed by atoms with Gasteiger partial charge < -0.3 is 15.0 Å². The molecule has 0 fully saturated rings. The molecular formula is C24H28N2O3S2. The van der Waals surface area contributed by atoms with Crippen LogP contribution in [0, 0.1) is 0 Å². The van der Waals surface area contributed by atoms with Gasteiger partial charge in [-0.25, -0.2) is 4.79 Å². The molecule has 1 heterocycles. The van der Waals surface area contributed by atoms with Crippen molar-refractivity contribution in [1.29, 1.82) is 0 Å². The number of thioether (sulfide) groups is 2. The number of nitrogens with one attached hydrogen (secondary N) is 2. The quantitative estimate of drug-likeness (QED) is 0.418. The Labute approximate surface area is 191 Å². The third kappa shape index (κ3) is 5.86. The highest BCUT2D eigenvalue weighted by Crippen LogP contribution is 2.34. The second kappa shape index (κ2) is 11.3. The van der Waals surface area contributed by atoms with Gasteiger partial charge in [0, 0.05) is 22.7 Å². The maximum Gasteiger partial charge on any atom is 0.333 e. The van der Waals surface area contributed by atoms with E-state index in [1.165, 1.54) is 11.8 Å². The molecule has 0 aliphatic carbocycles. The topological polar surface area (TPSA) is 71.2 Å². The van der Waals surface area contributed by atoms with Crippen LogP contribution < -0.4 is 5.32 Å². The summed E-state index contributed by atoms with van der Waals surface area (Å²) in [6.45, 7) is 1.89. The molecule has 0 bridgehead atoms. The molecule has 31 heavy (non-hydrogen) atoms. The van der Waals surface area contributed by atoms with Gasteiger partial charge in [0.15, 0.2) is 6.04 Å². The molecule has 0 spiro atoms. The van der Waals surface area contributed by atoms with Gasteiger partial charge in [0.25, 0.3) is 0 Å². The minimum Gasteiger partial charge on any atom is -0.461 e. The first-order valence-corrected chi connectivity index (χ1v) is 13.0. The Balaban J connectivity index is 1.99. The predicted octanol–water partition coefficient (Wildman–Crippen LogP) is 5.04. The summed E-state index contributed by atoms with van der Waals surface area (Å²) >= 11 is 3.13. The first kappa shape index (κ1) is 23.3. The lowest BCUT2D eigenvalue weighted by atomic mass is 9.94. The number of ether oxygens (including phenoxy) is 1. The minimum absolute atomic E-state index is 0.194. The lowest BCUT2D eigenvalue weighted by molar-refractivity contribution is -0.152. The Hall–Kier alpha value is -2.38. The smallest absolute Gasteiger partial charge is 0.333 e. The van der Waals surface area contributed by atoms with Crippen LogP contribution in [0.2, 0.25) is 0 Å². The van der Waals surface area contributed by atoms with Crippen LogP contribution in [0.3, 0.4) is 0 Å². The van der Waals surface area contributed by atoms with Crippen molar-refractivity contribution in [3.05, 3.63) is 60.3 Å². The summed E-state index contributed by atoms with van der Waals surface area (Å²) in [5.41, 5.74) is 3.62. The summed E-state index contributed by atoms with van der Waals surface area (Å²) in [6.07, 6.45) is 6.37. The Bertz CT molecular complexity index is 1030. The molecule has 0 aliphatic rings. The largest absolute Gasteiger partial charge is 0.461 e. The number of aromatic nitrogens is 1. The fourth-order valence-corrected chi connectivity index (χ4v) is 4.41. The van der Waals surface area contributed by atoms with E-state index in [0.717, 1.165) is 39.8 Å². The van der Waals surface area contributed by atoms with Gasteiger partial charge in [-0.05, 0) is 48.8 Å². The molecule has 0 radical (unpaired) electrons. The lowest BCUT2D eigenvalue weighted by Gasteiger charge is -2.23. The highest BCUT2D eigenvalue weighted by molar-refractivity contribution is 7.99. The highest BCUT2D eigenvalue weighted by atomic mass is 32.2. The van der Waals surface area contributed by atoms with Crippen molar-refractivity contribution in [3.8, 4) is 11.1 Å². The average molecular weight is 457 g/mol. The predicted molar refractivity (Wildman–Crippen MR) is 132 cm³/mol. The standard InChI is InChI=1S/C24H28N2O3S2/c1-16(12-13-30-2)29-24(28)23(26-22(27)15-31-3)19-10-5-4-8-17(19)20-14-25-21-11-7-6-9-18(20)21/h4-11,14,16,23,25H,12-13,15H2,1-3H3,(H,26,27)/t16-,23-/m0/s1. The lowest BCUT2D eigenvalue weighted by Crippen LogP contribution is -2.37. The van der Waals surface area contributed by atoms with E-state index in [1.54, 1.807) is 11.8 Å². The number of para-hydroxylation sites is 1. The highest BCUT2D eigenvalue weighted by Gasteiger charge is 2.28. The van der Waals surface area contributed by atoms with E-state index in [0.29, 0.717) is 0 Å². The van der Waals surface area contributed by atoms with Crippen LogP contribution in [0.1, 0.15) is 24.9 Å². The summed E-state index contributed by atoms with van der Waals surface area (Å²) in [4.78, 5) is 28.9. The summed E-state index contributed by atoms with van der Waals surface area (Å²) < 4.78 is 5.73. The molecule has 3 rings (SSSR count). The number of hydrogen-bond acceptors (Lipinski definition) is 5. The maximum absolute atomic E-state index is 13.2. The first-order chi connectivity index (χ1) is 15.0. The van der Waals surface area contributed by atoms with Gasteiger partial charge in [-0.15, -0.1) is 0 Å². The van der Waals surface area contributed by atoms with Crippen LogP contribution in [0.5, 0.6) is 0 Å². The van der Waals surface area contributed by atoms with E-state index in [2.05, 4.69) is 10.3 Å². The van der Waals surface area contributed by atoms with Crippen LogP contribution >= 0.6 is 23.5 Å². The molecule has 1 aromatic heterocycles. The summed E-state index contributed by atoms with van der Waals surface area (Å²) in [6, 6.07) is 14.8. The third-order valence-corrected chi connectivity index (χ3v) is 6.21. The molecule has 0 unspecified atom stereocenters. The van der Waals surface area contributed by atoms with Gasteiger partial charge in [0.1, 0.15) is 0 Å². The molecular weight excluding hydrogens is 428 g/mol. The molecule has 5 nitrogen and oxygen atoms in total. The zero-order chi connectivity index (χ0) is 22.2. The number of rotatable bonds is 10. The van der Waals surface area contributed by atoms with E-state index in [9.17, 15) is 9.59 Å². The summed E-state index contributed by atoms with van der Waals surface area (Å²) in [7, 11) is 0. The van der Waals surface area contributed by atoms with E-state index < -0.39 is 12.0 Å². The van der Waals surface area contributed by atoms with Crippen molar-refractivity contribution < 1.29 is 14.3 Å². The van der Waals surface area contributed by atoms with Crippen LogP contribution in [0.15, 0.2) is 54.7 Å². The molecule has 0 saturated heterocycles.